The predicted molar refractivity (Wildman–Crippen MR) is 98.7 cm³/mol. The van der Waals surface area contributed by atoms with Crippen LogP contribution in [0.15, 0.2) is 23.8 Å². The minimum Gasteiger partial charge on any atom is -0.355 e. The first-order chi connectivity index (χ1) is 11.9. The molecule has 0 atom stereocenters. The number of rotatable bonds is 3. The Morgan fingerprint density at radius 3 is 2.96 bits per heavy atom. The molecule has 0 amide bonds. The van der Waals surface area contributed by atoms with Crippen molar-refractivity contribution in [2.45, 2.75) is 25.8 Å². The first-order valence-electron chi connectivity index (χ1n) is 8.93. The van der Waals surface area contributed by atoms with E-state index in [1.165, 1.54) is 34.9 Å². The molecule has 2 aliphatic heterocycles. The fraction of sp³-hybridized carbons (Fsp3) is 0.556. The van der Waals surface area contributed by atoms with Gasteiger partial charge in [0.2, 0.25) is 0 Å². The summed E-state index contributed by atoms with van der Waals surface area (Å²) in [6.07, 6.45) is 5.01. The van der Waals surface area contributed by atoms with E-state index in [1.807, 2.05) is 11.3 Å². The molecule has 0 unspecified atom stereocenters. The number of nitrogens with zero attached hydrogens (tertiary/aromatic N) is 4. The van der Waals surface area contributed by atoms with Crippen LogP contribution in [0.3, 0.4) is 0 Å². The third kappa shape index (κ3) is 3.61. The van der Waals surface area contributed by atoms with Gasteiger partial charge in [-0.25, -0.2) is 9.97 Å². The van der Waals surface area contributed by atoms with Gasteiger partial charge in [0.15, 0.2) is 0 Å². The van der Waals surface area contributed by atoms with Crippen molar-refractivity contribution in [2.75, 3.05) is 44.2 Å². The van der Waals surface area contributed by atoms with Gasteiger partial charge >= 0.3 is 0 Å². The minimum atomic E-state index is 1.02. The molecule has 4 heterocycles. The van der Waals surface area contributed by atoms with E-state index in [1.54, 1.807) is 6.33 Å². The molecule has 1 fully saturated rings. The van der Waals surface area contributed by atoms with Gasteiger partial charge in [0, 0.05) is 56.1 Å². The number of aromatic nitrogens is 2. The summed E-state index contributed by atoms with van der Waals surface area (Å²) in [4.78, 5) is 15.7. The van der Waals surface area contributed by atoms with Crippen molar-refractivity contribution in [2.24, 2.45) is 0 Å². The maximum atomic E-state index is 4.67. The molecule has 0 bridgehead atoms. The van der Waals surface area contributed by atoms with Gasteiger partial charge in [-0.15, -0.1) is 11.3 Å². The molecular formula is C18H25N5S. The number of hydrogen-bond acceptors (Lipinski definition) is 6. The molecule has 0 radical (unpaired) electrons. The fourth-order valence-electron chi connectivity index (χ4n) is 3.69. The standard InChI is InChI=1S/C18H25N5S/c1-3-15(24-12-1)13-22-8-2-9-23(11-10-22)18-16-4-6-19-7-5-17(16)20-14-21-18/h1,3,12,14,19H,2,4-11,13H2. The van der Waals surface area contributed by atoms with Gasteiger partial charge in [-0.3, -0.25) is 4.90 Å². The highest BCUT2D eigenvalue weighted by molar-refractivity contribution is 7.09. The highest BCUT2D eigenvalue weighted by Gasteiger charge is 2.21. The normalized spacial score (nSPS) is 19.6. The Morgan fingerprint density at radius 2 is 2.04 bits per heavy atom. The average Bonchev–Trinajstić information content (AvgIpc) is 2.85. The van der Waals surface area contributed by atoms with Crippen molar-refractivity contribution < 1.29 is 0 Å². The van der Waals surface area contributed by atoms with Crippen LogP contribution < -0.4 is 10.2 Å². The van der Waals surface area contributed by atoms with Gasteiger partial charge in [0.1, 0.15) is 12.1 Å². The van der Waals surface area contributed by atoms with E-state index in [9.17, 15) is 0 Å². The third-order valence-electron chi connectivity index (χ3n) is 4.95. The molecule has 5 nitrogen and oxygen atoms in total. The van der Waals surface area contributed by atoms with Crippen molar-refractivity contribution in [3.05, 3.63) is 40.0 Å². The van der Waals surface area contributed by atoms with Crippen LogP contribution in [0.5, 0.6) is 0 Å². The Morgan fingerprint density at radius 1 is 1.08 bits per heavy atom. The average molecular weight is 344 g/mol. The zero-order valence-electron chi connectivity index (χ0n) is 14.1. The molecule has 6 heteroatoms. The highest BCUT2D eigenvalue weighted by Crippen LogP contribution is 2.24. The molecular weight excluding hydrogens is 318 g/mol. The Labute approximate surface area is 147 Å². The molecule has 0 aromatic carbocycles. The van der Waals surface area contributed by atoms with Crippen molar-refractivity contribution in [3.8, 4) is 0 Å². The van der Waals surface area contributed by atoms with Crippen LogP contribution >= 0.6 is 11.3 Å². The molecule has 1 saturated heterocycles. The first kappa shape index (κ1) is 16.0. The molecule has 0 saturated carbocycles. The van der Waals surface area contributed by atoms with Crippen LogP contribution in [0.4, 0.5) is 5.82 Å². The van der Waals surface area contributed by atoms with E-state index in [4.69, 9.17) is 0 Å². The molecule has 24 heavy (non-hydrogen) atoms. The van der Waals surface area contributed by atoms with Crippen molar-refractivity contribution in [3.63, 3.8) is 0 Å². The predicted octanol–water partition coefficient (Wildman–Crippen LogP) is 1.94. The molecule has 128 valence electrons. The molecule has 0 aliphatic carbocycles. The third-order valence-corrected chi connectivity index (χ3v) is 5.81. The van der Waals surface area contributed by atoms with Crippen LogP contribution in [0.1, 0.15) is 22.6 Å². The van der Waals surface area contributed by atoms with Crippen LogP contribution in [-0.4, -0.2) is 54.1 Å². The molecule has 1 N–H and O–H groups in total. The molecule has 2 aromatic rings. The zero-order valence-corrected chi connectivity index (χ0v) is 14.9. The van der Waals surface area contributed by atoms with E-state index >= 15 is 0 Å². The summed E-state index contributed by atoms with van der Waals surface area (Å²) in [6.45, 7) is 7.57. The van der Waals surface area contributed by atoms with E-state index < -0.39 is 0 Å². The number of thiophene rings is 1. The first-order valence-corrected chi connectivity index (χ1v) is 9.81. The maximum absolute atomic E-state index is 4.67. The highest BCUT2D eigenvalue weighted by atomic mass is 32.1. The smallest absolute Gasteiger partial charge is 0.135 e. The number of fused-ring (bicyclic) bond motifs is 1. The summed E-state index contributed by atoms with van der Waals surface area (Å²) in [5, 5.41) is 5.65. The van der Waals surface area contributed by atoms with Gasteiger partial charge < -0.3 is 10.2 Å². The number of hydrogen-bond donors (Lipinski definition) is 1. The second-order valence-electron chi connectivity index (χ2n) is 6.57. The maximum Gasteiger partial charge on any atom is 0.135 e. The van der Waals surface area contributed by atoms with Gasteiger partial charge in [-0.05, 0) is 30.8 Å². The summed E-state index contributed by atoms with van der Waals surface area (Å²) >= 11 is 1.86. The summed E-state index contributed by atoms with van der Waals surface area (Å²) in [5.74, 6) is 1.18. The molecule has 2 aliphatic rings. The Hall–Kier alpha value is -1.50. The fourth-order valence-corrected chi connectivity index (χ4v) is 4.44. The van der Waals surface area contributed by atoms with Crippen LogP contribution in [0, 0.1) is 0 Å². The van der Waals surface area contributed by atoms with Gasteiger partial charge in [0.05, 0.1) is 5.69 Å². The minimum absolute atomic E-state index is 1.02. The van der Waals surface area contributed by atoms with E-state index in [0.717, 1.165) is 52.1 Å². The van der Waals surface area contributed by atoms with E-state index in [2.05, 4.69) is 42.6 Å². The van der Waals surface area contributed by atoms with Crippen LogP contribution in [-0.2, 0) is 19.4 Å². The van der Waals surface area contributed by atoms with Gasteiger partial charge in [-0.1, -0.05) is 6.07 Å². The van der Waals surface area contributed by atoms with E-state index in [0.29, 0.717) is 0 Å². The molecule has 4 rings (SSSR count). The topological polar surface area (TPSA) is 44.3 Å². The van der Waals surface area contributed by atoms with Crippen molar-refractivity contribution >= 4 is 17.2 Å². The lowest BCUT2D eigenvalue weighted by Crippen LogP contribution is -2.31. The quantitative estimate of drug-likeness (QED) is 0.923. The summed E-state index contributed by atoms with van der Waals surface area (Å²) in [7, 11) is 0. The van der Waals surface area contributed by atoms with E-state index in [-0.39, 0.29) is 0 Å². The molecule has 0 spiro atoms. The Bertz CT molecular complexity index is 657. The second-order valence-corrected chi connectivity index (χ2v) is 7.60. The van der Waals surface area contributed by atoms with Crippen LogP contribution in [0.25, 0.3) is 0 Å². The van der Waals surface area contributed by atoms with Crippen molar-refractivity contribution in [1.82, 2.24) is 20.2 Å². The van der Waals surface area contributed by atoms with Crippen molar-refractivity contribution in [1.29, 1.82) is 0 Å². The number of nitrogens with one attached hydrogen (secondary N) is 1. The number of anilines is 1. The second kappa shape index (κ2) is 7.59. The van der Waals surface area contributed by atoms with Gasteiger partial charge in [-0.2, -0.15) is 0 Å². The lowest BCUT2D eigenvalue weighted by molar-refractivity contribution is 0.288. The summed E-state index contributed by atoms with van der Waals surface area (Å²) < 4.78 is 0. The zero-order chi connectivity index (χ0) is 16.2. The summed E-state index contributed by atoms with van der Waals surface area (Å²) in [5.41, 5.74) is 2.61. The SMILES string of the molecule is c1csc(CN2CCCN(c3ncnc4c3CCNCC4)CC2)c1. The van der Waals surface area contributed by atoms with Crippen LogP contribution in [0.2, 0.25) is 0 Å². The lowest BCUT2D eigenvalue weighted by Gasteiger charge is -2.25. The largest absolute Gasteiger partial charge is 0.355 e. The monoisotopic (exact) mass is 343 g/mol. The summed E-state index contributed by atoms with van der Waals surface area (Å²) in [6, 6.07) is 4.39. The van der Waals surface area contributed by atoms with Gasteiger partial charge in [0.25, 0.3) is 0 Å². The Balaban J connectivity index is 1.47. The Kier molecular flexibility index (Phi) is 5.06. The molecule has 2 aromatic heterocycles. The lowest BCUT2D eigenvalue weighted by atomic mass is 10.1.